The Morgan fingerprint density at radius 2 is 1.87 bits per heavy atom. The van der Waals surface area contributed by atoms with Crippen molar-refractivity contribution in [2.45, 2.75) is 13.0 Å². The average molecular weight is 355 g/mol. The van der Waals surface area contributed by atoms with Gasteiger partial charge in [-0.25, -0.2) is 0 Å². The van der Waals surface area contributed by atoms with Crippen molar-refractivity contribution >= 4 is 40.5 Å². The number of ether oxygens (including phenoxy) is 1. The van der Waals surface area contributed by atoms with E-state index in [-0.39, 0.29) is 5.69 Å². The van der Waals surface area contributed by atoms with Gasteiger partial charge >= 0.3 is 0 Å². The summed E-state index contributed by atoms with van der Waals surface area (Å²) in [4.78, 5) is 22.1. The fourth-order valence-corrected chi connectivity index (χ4v) is 2.18. The summed E-state index contributed by atoms with van der Waals surface area (Å²) in [6, 6.07) is 10.2. The first-order chi connectivity index (χ1) is 10.9. The lowest BCUT2D eigenvalue weighted by atomic mass is 10.2. The smallest absolute Gasteiger partial charge is 0.269 e. The van der Waals surface area contributed by atoms with Crippen LogP contribution in [0.5, 0.6) is 5.75 Å². The van der Waals surface area contributed by atoms with E-state index in [1.807, 2.05) is 0 Å². The van der Waals surface area contributed by atoms with E-state index in [9.17, 15) is 14.9 Å². The first kappa shape index (κ1) is 17.1. The van der Waals surface area contributed by atoms with E-state index in [4.69, 9.17) is 27.9 Å². The van der Waals surface area contributed by atoms with Crippen molar-refractivity contribution in [3.63, 3.8) is 0 Å². The molecule has 0 saturated heterocycles. The van der Waals surface area contributed by atoms with E-state index in [1.165, 1.54) is 30.3 Å². The zero-order valence-electron chi connectivity index (χ0n) is 12.0. The minimum atomic E-state index is -0.816. The fourth-order valence-electron chi connectivity index (χ4n) is 1.73. The number of carbonyl (C=O) groups excluding carboxylic acids is 1. The van der Waals surface area contributed by atoms with Gasteiger partial charge in [0.15, 0.2) is 6.10 Å². The second-order valence-corrected chi connectivity index (χ2v) is 5.47. The maximum absolute atomic E-state index is 12.1. The monoisotopic (exact) mass is 354 g/mol. The number of benzene rings is 2. The van der Waals surface area contributed by atoms with Crippen LogP contribution in [0.3, 0.4) is 0 Å². The van der Waals surface area contributed by atoms with Crippen LogP contribution in [0.1, 0.15) is 6.92 Å². The number of hydrogen-bond acceptors (Lipinski definition) is 4. The van der Waals surface area contributed by atoms with Gasteiger partial charge < -0.3 is 10.1 Å². The Hall–Kier alpha value is -2.31. The Kier molecular flexibility index (Phi) is 5.41. The molecule has 1 unspecified atom stereocenters. The van der Waals surface area contributed by atoms with Crippen LogP contribution >= 0.6 is 23.2 Å². The Balaban J connectivity index is 2.00. The molecule has 0 aliphatic carbocycles. The Morgan fingerprint density at radius 3 is 2.43 bits per heavy atom. The lowest BCUT2D eigenvalue weighted by Gasteiger charge is -2.15. The lowest BCUT2D eigenvalue weighted by Crippen LogP contribution is -2.30. The van der Waals surface area contributed by atoms with E-state index >= 15 is 0 Å². The molecule has 0 aliphatic heterocycles. The highest BCUT2D eigenvalue weighted by Crippen LogP contribution is 2.28. The van der Waals surface area contributed by atoms with Crippen LogP contribution in [0.25, 0.3) is 0 Å². The van der Waals surface area contributed by atoms with E-state index in [1.54, 1.807) is 19.1 Å². The van der Waals surface area contributed by atoms with Gasteiger partial charge in [-0.1, -0.05) is 23.2 Å². The molecule has 0 radical (unpaired) electrons. The van der Waals surface area contributed by atoms with Gasteiger partial charge in [0.1, 0.15) is 5.75 Å². The van der Waals surface area contributed by atoms with Crippen molar-refractivity contribution in [2.24, 2.45) is 0 Å². The molecule has 120 valence electrons. The van der Waals surface area contributed by atoms with Crippen molar-refractivity contribution in [1.82, 2.24) is 0 Å². The number of nitro groups is 1. The van der Waals surface area contributed by atoms with Crippen molar-refractivity contribution in [2.75, 3.05) is 5.32 Å². The second-order valence-electron chi connectivity index (χ2n) is 4.63. The summed E-state index contributed by atoms with van der Waals surface area (Å²) in [5, 5.41) is 13.9. The molecule has 1 N–H and O–H groups in total. The van der Waals surface area contributed by atoms with Crippen LogP contribution < -0.4 is 10.1 Å². The van der Waals surface area contributed by atoms with Gasteiger partial charge in [-0.05, 0) is 37.3 Å². The number of halogens is 2. The number of nitro benzene ring substituents is 1. The van der Waals surface area contributed by atoms with E-state index < -0.39 is 16.9 Å². The molecule has 2 aromatic rings. The number of non-ortho nitro benzene ring substituents is 1. The lowest BCUT2D eigenvalue weighted by molar-refractivity contribution is -0.384. The number of carbonyl (C=O) groups is 1. The first-order valence-corrected chi connectivity index (χ1v) is 7.29. The molecule has 0 bridgehead atoms. The molecule has 6 nitrogen and oxygen atoms in total. The number of amides is 1. The minimum absolute atomic E-state index is 0.0553. The van der Waals surface area contributed by atoms with E-state index in [0.717, 1.165) is 0 Å². The van der Waals surface area contributed by atoms with Crippen LogP contribution in [0, 0.1) is 10.1 Å². The quantitative estimate of drug-likeness (QED) is 0.640. The number of hydrogen-bond donors (Lipinski definition) is 1. The third kappa shape index (κ3) is 4.58. The van der Waals surface area contributed by atoms with E-state index in [0.29, 0.717) is 21.5 Å². The summed E-state index contributed by atoms with van der Waals surface area (Å²) in [6.45, 7) is 1.56. The maximum Gasteiger partial charge on any atom is 0.269 e. The normalized spacial score (nSPS) is 11.6. The topological polar surface area (TPSA) is 81.5 Å². The van der Waals surface area contributed by atoms with Crippen molar-refractivity contribution in [3.05, 3.63) is 62.6 Å². The number of nitrogens with one attached hydrogen (secondary N) is 1. The molecule has 2 rings (SSSR count). The van der Waals surface area contributed by atoms with Crippen molar-refractivity contribution in [1.29, 1.82) is 0 Å². The van der Waals surface area contributed by atoms with Crippen molar-refractivity contribution in [3.8, 4) is 5.75 Å². The first-order valence-electron chi connectivity index (χ1n) is 6.54. The zero-order chi connectivity index (χ0) is 17.0. The van der Waals surface area contributed by atoms with Gasteiger partial charge in [-0.15, -0.1) is 0 Å². The number of rotatable bonds is 5. The molecule has 23 heavy (non-hydrogen) atoms. The molecular weight excluding hydrogens is 343 g/mol. The minimum Gasteiger partial charge on any atom is -0.479 e. The molecule has 0 fully saturated rings. The predicted octanol–water partition coefficient (Wildman–Crippen LogP) is 4.31. The summed E-state index contributed by atoms with van der Waals surface area (Å²) in [5.41, 5.74) is 0.374. The van der Waals surface area contributed by atoms with Crippen LogP contribution in [0.4, 0.5) is 11.4 Å². The highest BCUT2D eigenvalue weighted by molar-refractivity contribution is 6.35. The summed E-state index contributed by atoms with van der Waals surface area (Å²) >= 11 is 11.8. The van der Waals surface area contributed by atoms with Gasteiger partial charge in [0.25, 0.3) is 11.6 Å². The zero-order valence-corrected chi connectivity index (χ0v) is 13.5. The van der Waals surface area contributed by atoms with Crippen LogP contribution in [-0.4, -0.2) is 16.9 Å². The third-order valence-corrected chi connectivity index (χ3v) is 3.44. The average Bonchev–Trinajstić information content (AvgIpc) is 2.50. The standard InChI is InChI=1S/C15H12Cl2N2O4/c1-9(23-14-7-2-10(16)8-13(14)17)15(20)18-11-3-5-12(6-4-11)19(21)22/h2-9H,1H3,(H,18,20). The molecule has 0 saturated carbocycles. The van der Waals surface area contributed by atoms with Crippen LogP contribution in [0.2, 0.25) is 10.0 Å². The Bertz CT molecular complexity index is 735. The summed E-state index contributed by atoms with van der Waals surface area (Å²) in [5.74, 6) is -0.0766. The summed E-state index contributed by atoms with van der Waals surface area (Å²) in [6.07, 6.45) is -0.816. The van der Waals surface area contributed by atoms with Gasteiger partial charge in [-0.3, -0.25) is 14.9 Å². The van der Waals surface area contributed by atoms with E-state index in [2.05, 4.69) is 5.32 Å². The Labute approximate surface area is 142 Å². The van der Waals surface area contributed by atoms with Gasteiger partial charge in [0, 0.05) is 22.8 Å². The Morgan fingerprint density at radius 1 is 1.22 bits per heavy atom. The molecule has 0 aliphatic rings. The fraction of sp³-hybridized carbons (Fsp3) is 0.133. The number of anilines is 1. The van der Waals surface area contributed by atoms with Crippen LogP contribution in [-0.2, 0) is 4.79 Å². The summed E-state index contributed by atoms with van der Waals surface area (Å²) in [7, 11) is 0. The number of nitrogens with zero attached hydrogens (tertiary/aromatic N) is 1. The largest absolute Gasteiger partial charge is 0.479 e. The van der Waals surface area contributed by atoms with Crippen LogP contribution in [0.15, 0.2) is 42.5 Å². The van der Waals surface area contributed by atoms with Gasteiger partial charge in [0.2, 0.25) is 0 Å². The van der Waals surface area contributed by atoms with Gasteiger partial charge in [0.05, 0.1) is 9.95 Å². The molecule has 8 heteroatoms. The molecule has 0 spiro atoms. The maximum atomic E-state index is 12.1. The molecular formula is C15H12Cl2N2O4. The molecule has 0 heterocycles. The molecule has 1 atom stereocenters. The highest BCUT2D eigenvalue weighted by atomic mass is 35.5. The van der Waals surface area contributed by atoms with Gasteiger partial charge in [-0.2, -0.15) is 0 Å². The molecule has 1 amide bonds. The predicted molar refractivity (Wildman–Crippen MR) is 88.3 cm³/mol. The summed E-state index contributed by atoms with van der Waals surface area (Å²) < 4.78 is 5.49. The second kappa shape index (κ2) is 7.30. The SMILES string of the molecule is CC(Oc1ccc(Cl)cc1Cl)C(=O)Nc1ccc([N+](=O)[O-])cc1. The molecule has 2 aromatic carbocycles. The molecule has 0 aromatic heterocycles. The van der Waals surface area contributed by atoms with Crippen molar-refractivity contribution < 1.29 is 14.5 Å². The highest BCUT2D eigenvalue weighted by Gasteiger charge is 2.17. The third-order valence-electron chi connectivity index (χ3n) is 2.91.